The molecule has 0 aliphatic heterocycles. The van der Waals surface area contributed by atoms with E-state index >= 15 is 0 Å². The van der Waals surface area contributed by atoms with Crippen LogP contribution in [0, 0.1) is 0 Å². The van der Waals surface area contributed by atoms with Gasteiger partial charge in [-0.3, -0.25) is 0 Å². The van der Waals surface area contributed by atoms with Crippen LogP contribution in [0.4, 0.5) is 0 Å². The van der Waals surface area contributed by atoms with E-state index in [0.717, 1.165) is 16.3 Å². The van der Waals surface area contributed by atoms with Crippen LogP contribution in [0.1, 0.15) is 0 Å². The second-order valence-electron chi connectivity index (χ2n) is 3.42. The molecule has 0 amide bonds. The molecule has 0 fully saturated rings. The monoisotopic (exact) mass is 195 g/mol. The largest absolute Gasteiger partial charge is 0.245 e. The minimum atomic E-state index is 0.636. The quantitative estimate of drug-likeness (QED) is 0.424. The Morgan fingerprint density at radius 1 is 0.800 bits per heavy atom. The second kappa shape index (κ2) is 2.20. The van der Waals surface area contributed by atoms with Gasteiger partial charge in [-0.1, -0.05) is 12.1 Å². The van der Waals surface area contributed by atoms with Crippen molar-refractivity contribution in [1.82, 2.24) is 24.3 Å². The van der Waals surface area contributed by atoms with Crippen molar-refractivity contribution in [3.63, 3.8) is 0 Å². The first-order valence-corrected chi connectivity index (χ1v) is 4.59. The molecule has 4 rings (SSSR count). The highest BCUT2D eigenvalue weighted by molar-refractivity contribution is 5.98. The summed E-state index contributed by atoms with van der Waals surface area (Å²) in [6.07, 6.45) is 5.13. The zero-order chi connectivity index (χ0) is 9.83. The standard InChI is InChI=1S/C10H5N5/c1-2-7-4-12-10-14-5-13-9-11-3-6(1)8(7)15(9)10/h1-5H. The van der Waals surface area contributed by atoms with Gasteiger partial charge in [-0.25, -0.2) is 24.3 Å². The second-order valence-corrected chi connectivity index (χ2v) is 3.42. The fourth-order valence-electron chi connectivity index (χ4n) is 1.94. The van der Waals surface area contributed by atoms with Gasteiger partial charge in [0.05, 0.1) is 5.52 Å². The molecule has 1 aromatic carbocycles. The fraction of sp³-hybridized carbons (Fsp3) is 0. The molecule has 3 heterocycles. The first-order chi connectivity index (χ1) is 7.43. The van der Waals surface area contributed by atoms with E-state index in [1.807, 2.05) is 28.9 Å². The Labute approximate surface area is 83.8 Å². The average Bonchev–Trinajstić information content (AvgIpc) is 2.71. The summed E-state index contributed by atoms with van der Waals surface area (Å²) in [4.78, 5) is 16.7. The first kappa shape index (κ1) is 7.05. The SMILES string of the molecule is c1nc2ncc3ccc4cnc(n1)n2c34. The van der Waals surface area contributed by atoms with Crippen molar-refractivity contribution in [2.24, 2.45) is 0 Å². The van der Waals surface area contributed by atoms with Gasteiger partial charge in [0.25, 0.3) is 0 Å². The van der Waals surface area contributed by atoms with E-state index in [4.69, 9.17) is 0 Å². The molecular formula is C10H5N5. The first-order valence-electron chi connectivity index (χ1n) is 4.59. The summed E-state index contributed by atoms with van der Waals surface area (Å²) in [6, 6.07) is 4.05. The molecule has 0 N–H and O–H groups in total. The van der Waals surface area contributed by atoms with Gasteiger partial charge in [0.15, 0.2) is 0 Å². The lowest BCUT2D eigenvalue weighted by molar-refractivity contribution is 1.02. The highest BCUT2D eigenvalue weighted by Crippen LogP contribution is 2.23. The van der Waals surface area contributed by atoms with Gasteiger partial charge in [0, 0.05) is 23.2 Å². The van der Waals surface area contributed by atoms with Crippen molar-refractivity contribution >= 4 is 27.8 Å². The summed E-state index contributed by atoms with van der Waals surface area (Å²) in [6.45, 7) is 0. The summed E-state index contributed by atoms with van der Waals surface area (Å²) in [5, 5.41) is 2.18. The Balaban J connectivity index is 2.54. The zero-order valence-corrected chi connectivity index (χ0v) is 7.62. The van der Waals surface area contributed by atoms with E-state index < -0.39 is 0 Å². The maximum atomic E-state index is 4.26. The summed E-state index contributed by atoms with van der Waals surface area (Å²) < 4.78 is 1.88. The van der Waals surface area contributed by atoms with E-state index in [0.29, 0.717) is 11.6 Å². The van der Waals surface area contributed by atoms with Gasteiger partial charge in [-0.05, 0) is 0 Å². The molecule has 15 heavy (non-hydrogen) atoms. The molecule has 0 unspecified atom stereocenters. The van der Waals surface area contributed by atoms with Crippen molar-refractivity contribution < 1.29 is 0 Å². The molecule has 0 bridgehead atoms. The summed E-state index contributed by atoms with van der Waals surface area (Å²) >= 11 is 0. The molecule has 0 spiro atoms. The fourth-order valence-corrected chi connectivity index (χ4v) is 1.94. The molecule has 0 saturated heterocycles. The molecule has 70 valence electrons. The van der Waals surface area contributed by atoms with E-state index in [2.05, 4.69) is 19.9 Å². The molecule has 0 atom stereocenters. The van der Waals surface area contributed by atoms with Gasteiger partial charge in [-0.2, -0.15) is 0 Å². The smallest absolute Gasteiger partial charge is 0.238 e. The zero-order valence-electron chi connectivity index (χ0n) is 7.62. The molecule has 3 aromatic heterocycles. The van der Waals surface area contributed by atoms with Crippen molar-refractivity contribution in [1.29, 1.82) is 0 Å². The Morgan fingerprint density at radius 3 is 2.00 bits per heavy atom. The maximum absolute atomic E-state index is 4.26. The molecular weight excluding hydrogens is 190 g/mol. The number of rotatable bonds is 0. The van der Waals surface area contributed by atoms with Crippen LogP contribution in [-0.4, -0.2) is 24.3 Å². The van der Waals surface area contributed by atoms with Crippen molar-refractivity contribution in [2.45, 2.75) is 0 Å². The molecule has 0 aliphatic carbocycles. The van der Waals surface area contributed by atoms with Gasteiger partial charge in [0.2, 0.25) is 11.6 Å². The maximum Gasteiger partial charge on any atom is 0.238 e. The summed E-state index contributed by atoms with van der Waals surface area (Å²) in [5.41, 5.74) is 1.09. The number of hydrogen-bond acceptors (Lipinski definition) is 4. The molecule has 0 radical (unpaired) electrons. The van der Waals surface area contributed by atoms with Gasteiger partial charge in [0.1, 0.15) is 6.33 Å². The van der Waals surface area contributed by atoms with Crippen LogP contribution in [0.25, 0.3) is 27.8 Å². The third kappa shape index (κ3) is 0.735. The third-order valence-electron chi connectivity index (χ3n) is 2.60. The average molecular weight is 195 g/mol. The van der Waals surface area contributed by atoms with Crippen molar-refractivity contribution in [3.8, 4) is 0 Å². The molecule has 0 saturated carbocycles. The van der Waals surface area contributed by atoms with Crippen LogP contribution < -0.4 is 0 Å². The van der Waals surface area contributed by atoms with Crippen LogP contribution in [-0.2, 0) is 0 Å². The lowest BCUT2D eigenvalue weighted by Crippen LogP contribution is -2.01. The van der Waals surface area contributed by atoms with Crippen LogP contribution >= 0.6 is 0 Å². The Hall–Kier alpha value is -2.30. The van der Waals surface area contributed by atoms with E-state index in [1.165, 1.54) is 6.33 Å². The predicted octanol–water partition coefficient (Wildman–Crippen LogP) is 1.26. The van der Waals surface area contributed by atoms with E-state index in [-0.39, 0.29) is 0 Å². The lowest BCUT2D eigenvalue weighted by atomic mass is 10.3. The van der Waals surface area contributed by atoms with Gasteiger partial charge >= 0.3 is 0 Å². The predicted molar refractivity (Wildman–Crippen MR) is 54.8 cm³/mol. The molecule has 5 nitrogen and oxygen atoms in total. The van der Waals surface area contributed by atoms with Crippen LogP contribution in [0.2, 0.25) is 0 Å². The van der Waals surface area contributed by atoms with Crippen LogP contribution in [0.3, 0.4) is 0 Å². The van der Waals surface area contributed by atoms with Crippen LogP contribution in [0.5, 0.6) is 0 Å². The normalized spacial score (nSPS) is 12.0. The highest BCUT2D eigenvalue weighted by atomic mass is 15.2. The Morgan fingerprint density at radius 2 is 1.40 bits per heavy atom. The molecule has 5 heteroatoms. The third-order valence-corrected chi connectivity index (χ3v) is 2.60. The number of nitrogens with zero attached hydrogens (tertiary/aromatic N) is 5. The minimum Gasteiger partial charge on any atom is -0.245 e. The van der Waals surface area contributed by atoms with Crippen molar-refractivity contribution in [3.05, 3.63) is 30.9 Å². The van der Waals surface area contributed by atoms with Gasteiger partial charge in [-0.15, -0.1) is 0 Å². The van der Waals surface area contributed by atoms with E-state index in [9.17, 15) is 0 Å². The minimum absolute atomic E-state index is 0.636. The molecule has 4 aromatic rings. The van der Waals surface area contributed by atoms with E-state index in [1.54, 1.807) is 0 Å². The summed E-state index contributed by atoms with van der Waals surface area (Å²) in [5.74, 6) is 1.27. The van der Waals surface area contributed by atoms with Gasteiger partial charge < -0.3 is 0 Å². The molecule has 0 aliphatic rings. The van der Waals surface area contributed by atoms with Crippen LogP contribution in [0.15, 0.2) is 30.9 Å². The number of aromatic nitrogens is 5. The Kier molecular flexibility index (Phi) is 1.03. The van der Waals surface area contributed by atoms with Crippen molar-refractivity contribution in [2.75, 3.05) is 0 Å². The topological polar surface area (TPSA) is 56.0 Å². The highest BCUT2D eigenvalue weighted by Gasteiger charge is 2.09. The Bertz CT molecular complexity index is 713. The lowest BCUT2D eigenvalue weighted by Gasteiger charge is -2.04. The number of hydrogen-bond donors (Lipinski definition) is 0. The summed E-state index contributed by atoms with van der Waals surface area (Å²) in [7, 11) is 0.